The molecule has 0 aromatic heterocycles. The van der Waals surface area contributed by atoms with Crippen molar-refractivity contribution in [2.75, 3.05) is 23.7 Å². The molecule has 0 aliphatic heterocycles. The number of benzene rings is 3. The average Bonchev–Trinajstić information content (AvgIpc) is 2.90. The van der Waals surface area contributed by atoms with E-state index in [4.69, 9.17) is 4.74 Å². The maximum absolute atomic E-state index is 13.7. The number of aryl methyl sites for hydroxylation is 1. The molecule has 0 radical (unpaired) electrons. The molecule has 1 N–H and O–H groups in total. The summed E-state index contributed by atoms with van der Waals surface area (Å²) in [6.07, 6.45) is 1.05. The minimum Gasteiger partial charge on any atom is -0.457 e. The Morgan fingerprint density at radius 2 is 1.46 bits per heavy atom. The van der Waals surface area contributed by atoms with Crippen LogP contribution in [0.4, 0.5) is 5.69 Å². The summed E-state index contributed by atoms with van der Waals surface area (Å²) < 4.78 is 32.4. The summed E-state index contributed by atoms with van der Waals surface area (Å²) in [6.45, 7) is 7.78. The normalized spacial score (nSPS) is 12.1. The number of anilines is 1. The van der Waals surface area contributed by atoms with Gasteiger partial charge in [-0.05, 0) is 61.7 Å². The van der Waals surface area contributed by atoms with Crippen molar-refractivity contribution >= 4 is 27.5 Å². The van der Waals surface area contributed by atoms with Gasteiger partial charge >= 0.3 is 0 Å². The first-order chi connectivity index (χ1) is 18.4. The zero-order valence-electron chi connectivity index (χ0n) is 23.1. The first-order valence-electron chi connectivity index (χ1n) is 12.9. The number of carbonyl (C=O) groups is 2. The van der Waals surface area contributed by atoms with Crippen molar-refractivity contribution in [2.24, 2.45) is 5.92 Å². The fourth-order valence-electron chi connectivity index (χ4n) is 3.84. The smallest absolute Gasteiger partial charge is 0.244 e. The van der Waals surface area contributed by atoms with E-state index in [9.17, 15) is 18.0 Å². The second-order valence-electron chi connectivity index (χ2n) is 10.0. The van der Waals surface area contributed by atoms with Crippen molar-refractivity contribution in [1.82, 2.24) is 10.2 Å². The fraction of sp³-hybridized carbons (Fsp3) is 0.333. The topological polar surface area (TPSA) is 96.0 Å². The quantitative estimate of drug-likeness (QED) is 0.351. The third-order valence-electron chi connectivity index (χ3n) is 6.11. The number of ether oxygens (including phenoxy) is 1. The van der Waals surface area contributed by atoms with Crippen LogP contribution in [0.25, 0.3) is 0 Å². The first-order valence-corrected chi connectivity index (χ1v) is 14.7. The van der Waals surface area contributed by atoms with Gasteiger partial charge in [-0.2, -0.15) is 0 Å². The lowest BCUT2D eigenvalue weighted by Gasteiger charge is -2.31. The van der Waals surface area contributed by atoms with Crippen LogP contribution in [0.5, 0.6) is 11.5 Å². The molecule has 3 rings (SSSR count). The Balaban J connectivity index is 1.84. The Hall–Kier alpha value is -3.85. The highest BCUT2D eigenvalue weighted by Gasteiger charge is 2.30. The molecule has 2 amide bonds. The molecule has 0 aliphatic rings. The highest BCUT2D eigenvalue weighted by Crippen LogP contribution is 2.26. The predicted octanol–water partition coefficient (Wildman–Crippen LogP) is 4.74. The number of amides is 2. The van der Waals surface area contributed by atoms with Crippen molar-refractivity contribution < 1.29 is 22.7 Å². The van der Waals surface area contributed by atoms with Gasteiger partial charge in [0.1, 0.15) is 24.1 Å². The number of hydrogen-bond donors (Lipinski definition) is 1. The largest absolute Gasteiger partial charge is 0.457 e. The number of rotatable bonds is 12. The number of hydrogen-bond acceptors (Lipinski definition) is 5. The van der Waals surface area contributed by atoms with E-state index in [0.717, 1.165) is 21.7 Å². The van der Waals surface area contributed by atoms with Crippen LogP contribution in [0.15, 0.2) is 78.9 Å². The molecule has 0 heterocycles. The van der Waals surface area contributed by atoms with Crippen molar-refractivity contribution in [2.45, 2.75) is 40.3 Å². The maximum Gasteiger partial charge on any atom is 0.244 e. The Kier molecular flexibility index (Phi) is 10.1. The molecule has 0 bridgehead atoms. The van der Waals surface area contributed by atoms with E-state index in [1.54, 1.807) is 31.2 Å². The van der Waals surface area contributed by atoms with Gasteiger partial charge in [0.2, 0.25) is 21.8 Å². The lowest BCUT2D eigenvalue weighted by Crippen LogP contribution is -2.51. The van der Waals surface area contributed by atoms with E-state index >= 15 is 0 Å². The summed E-state index contributed by atoms with van der Waals surface area (Å²) in [6, 6.07) is 22.6. The second-order valence-corrected chi connectivity index (χ2v) is 11.9. The predicted molar refractivity (Wildman–Crippen MR) is 154 cm³/mol. The first kappa shape index (κ1) is 29.7. The molecule has 3 aromatic rings. The summed E-state index contributed by atoms with van der Waals surface area (Å²) in [4.78, 5) is 28.0. The third-order valence-corrected chi connectivity index (χ3v) is 7.25. The third kappa shape index (κ3) is 8.85. The molecule has 208 valence electrons. The van der Waals surface area contributed by atoms with E-state index in [0.29, 0.717) is 23.7 Å². The van der Waals surface area contributed by atoms with Gasteiger partial charge in [0, 0.05) is 13.1 Å². The van der Waals surface area contributed by atoms with Crippen LogP contribution in [0.2, 0.25) is 0 Å². The average molecular weight is 552 g/mol. The Bertz CT molecular complexity index is 1340. The summed E-state index contributed by atoms with van der Waals surface area (Å²) in [5.74, 6) is 0.644. The van der Waals surface area contributed by atoms with Crippen molar-refractivity contribution in [3.63, 3.8) is 0 Å². The van der Waals surface area contributed by atoms with Gasteiger partial charge in [0.05, 0.1) is 11.9 Å². The van der Waals surface area contributed by atoms with Crippen LogP contribution in [0.3, 0.4) is 0 Å². The molecule has 0 spiro atoms. The number of nitrogens with one attached hydrogen (secondary N) is 1. The van der Waals surface area contributed by atoms with Crippen molar-refractivity contribution in [3.05, 3.63) is 90.0 Å². The van der Waals surface area contributed by atoms with Crippen LogP contribution in [-0.4, -0.2) is 50.5 Å². The molecular formula is C30H37N3O5S. The van der Waals surface area contributed by atoms with E-state index in [1.165, 1.54) is 4.90 Å². The fourth-order valence-corrected chi connectivity index (χ4v) is 4.69. The van der Waals surface area contributed by atoms with Gasteiger partial charge in [-0.25, -0.2) is 8.42 Å². The van der Waals surface area contributed by atoms with Crippen LogP contribution < -0.4 is 14.4 Å². The van der Waals surface area contributed by atoms with E-state index in [2.05, 4.69) is 5.32 Å². The van der Waals surface area contributed by atoms with Gasteiger partial charge in [-0.1, -0.05) is 61.9 Å². The van der Waals surface area contributed by atoms with Crippen LogP contribution in [0, 0.1) is 12.8 Å². The molecule has 0 aliphatic carbocycles. The van der Waals surface area contributed by atoms with Gasteiger partial charge in [0.15, 0.2) is 0 Å². The molecule has 39 heavy (non-hydrogen) atoms. The van der Waals surface area contributed by atoms with Gasteiger partial charge < -0.3 is 15.0 Å². The Morgan fingerprint density at radius 1 is 0.872 bits per heavy atom. The SMILES string of the molecule is Cc1ccc(CN(C(=O)CN(c2ccc(Oc3ccccc3)cc2)S(C)(=O)=O)[C@H](C)C(=O)NCC(C)C)cc1. The Morgan fingerprint density at radius 3 is 2.03 bits per heavy atom. The zero-order chi connectivity index (χ0) is 28.6. The molecule has 0 unspecified atom stereocenters. The van der Waals surface area contributed by atoms with Crippen LogP contribution in [-0.2, 0) is 26.2 Å². The monoisotopic (exact) mass is 551 g/mol. The molecule has 3 aromatic carbocycles. The molecular weight excluding hydrogens is 514 g/mol. The van der Waals surface area contributed by atoms with E-state index in [1.807, 2.05) is 75.4 Å². The van der Waals surface area contributed by atoms with Gasteiger partial charge in [-0.3, -0.25) is 13.9 Å². The number of para-hydroxylation sites is 1. The summed E-state index contributed by atoms with van der Waals surface area (Å²) in [5, 5.41) is 2.87. The summed E-state index contributed by atoms with van der Waals surface area (Å²) >= 11 is 0. The van der Waals surface area contributed by atoms with Crippen LogP contribution >= 0.6 is 0 Å². The second kappa shape index (κ2) is 13.3. The minimum atomic E-state index is -3.82. The molecule has 1 atom stereocenters. The molecule has 0 saturated carbocycles. The minimum absolute atomic E-state index is 0.164. The zero-order valence-corrected chi connectivity index (χ0v) is 23.9. The van der Waals surface area contributed by atoms with E-state index < -0.39 is 28.5 Å². The van der Waals surface area contributed by atoms with E-state index in [-0.39, 0.29) is 18.4 Å². The Labute approximate surface area is 231 Å². The molecule has 9 heteroatoms. The highest BCUT2D eigenvalue weighted by atomic mass is 32.2. The lowest BCUT2D eigenvalue weighted by molar-refractivity contribution is -0.139. The standard InChI is InChI=1S/C30H37N3O5S/c1-22(2)19-31-30(35)24(4)32(20-25-13-11-23(3)12-14-25)29(34)21-33(39(5,36)37)26-15-17-28(18-16-26)38-27-9-7-6-8-10-27/h6-18,22,24H,19-21H2,1-5H3,(H,31,35)/t24-/m1/s1. The summed E-state index contributed by atoms with van der Waals surface area (Å²) in [5.41, 5.74) is 2.23. The van der Waals surface area contributed by atoms with Gasteiger partial charge in [0.25, 0.3) is 0 Å². The maximum atomic E-state index is 13.7. The lowest BCUT2D eigenvalue weighted by atomic mass is 10.1. The summed E-state index contributed by atoms with van der Waals surface area (Å²) in [7, 11) is -3.82. The molecule has 0 saturated heterocycles. The van der Waals surface area contributed by atoms with Crippen molar-refractivity contribution in [1.29, 1.82) is 0 Å². The van der Waals surface area contributed by atoms with Gasteiger partial charge in [-0.15, -0.1) is 0 Å². The number of nitrogens with zero attached hydrogens (tertiary/aromatic N) is 2. The highest BCUT2D eigenvalue weighted by molar-refractivity contribution is 7.92. The van der Waals surface area contributed by atoms with Crippen LogP contribution in [0.1, 0.15) is 31.9 Å². The molecule has 8 nitrogen and oxygen atoms in total. The number of carbonyl (C=O) groups excluding carboxylic acids is 2. The van der Waals surface area contributed by atoms with Crippen molar-refractivity contribution in [3.8, 4) is 11.5 Å². The molecule has 0 fully saturated rings. The number of sulfonamides is 1.